The number of H-pyrrole nitrogens is 1. The van der Waals surface area contributed by atoms with Crippen LogP contribution in [0.2, 0.25) is 5.02 Å². The van der Waals surface area contributed by atoms with Crippen molar-refractivity contribution in [1.29, 1.82) is 0 Å². The summed E-state index contributed by atoms with van der Waals surface area (Å²) in [5, 5.41) is 1.24. The van der Waals surface area contributed by atoms with Crippen LogP contribution in [0.3, 0.4) is 0 Å². The van der Waals surface area contributed by atoms with Crippen molar-refractivity contribution >= 4 is 22.5 Å². The number of fused-ring (bicyclic) bond motifs is 1. The highest BCUT2D eigenvalue weighted by atomic mass is 35.5. The molecule has 0 aliphatic heterocycles. The van der Waals surface area contributed by atoms with Gasteiger partial charge in [0, 0.05) is 17.1 Å². The number of benzene rings is 1. The van der Waals surface area contributed by atoms with Crippen molar-refractivity contribution in [2.45, 2.75) is 19.8 Å². The molecule has 15 heavy (non-hydrogen) atoms. The Labute approximate surface area is 92.9 Å². The van der Waals surface area contributed by atoms with E-state index in [4.69, 9.17) is 11.6 Å². The van der Waals surface area contributed by atoms with Gasteiger partial charge in [-0.1, -0.05) is 31.5 Å². The number of aromatic nitrogens is 1. The van der Waals surface area contributed by atoms with Gasteiger partial charge >= 0.3 is 0 Å². The van der Waals surface area contributed by atoms with Crippen molar-refractivity contribution in [3.05, 3.63) is 45.2 Å². The van der Waals surface area contributed by atoms with Crippen LogP contribution in [0.1, 0.15) is 25.5 Å². The standard InChI is InChI=1S/C12H12ClNO/c1-7(2)10-6-11(15)8-4-3-5-9(13)12(8)14-10/h3-7H,1-2H3,(H,14,15). The molecule has 78 valence electrons. The molecule has 2 aromatic rings. The third-order valence-electron chi connectivity index (χ3n) is 2.46. The van der Waals surface area contributed by atoms with Crippen LogP contribution in [0.5, 0.6) is 0 Å². The molecule has 0 atom stereocenters. The van der Waals surface area contributed by atoms with Gasteiger partial charge in [0.05, 0.1) is 10.5 Å². The van der Waals surface area contributed by atoms with Gasteiger partial charge in [-0.15, -0.1) is 0 Å². The van der Waals surface area contributed by atoms with Crippen LogP contribution in [0.4, 0.5) is 0 Å². The van der Waals surface area contributed by atoms with Crippen LogP contribution in [0.15, 0.2) is 29.1 Å². The molecule has 0 aliphatic carbocycles. The summed E-state index contributed by atoms with van der Waals surface area (Å²) in [6, 6.07) is 6.99. The first kappa shape index (κ1) is 10.2. The Morgan fingerprint density at radius 3 is 2.73 bits per heavy atom. The lowest BCUT2D eigenvalue weighted by Gasteiger charge is -2.07. The summed E-state index contributed by atoms with van der Waals surface area (Å²) in [7, 11) is 0. The van der Waals surface area contributed by atoms with Crippen molar-refractivity contribution in [1.82, 2.24) is 4.98 Å². The summed E-state index contributed by atoms with van der Waals surface area (Å²) >= 11 is 6.04. The molecule has 1 aromatic heterocycles. The molecule has 1 aromatic carbocycles. The highest BCUT2D eigenvalue weighted by Crippen LogP contribution is 2.21. The predicted octanol–water partition coefficient (Wildman–Crippen LogP) is 3.30. The van der Waals surface area contributed by atoms with Crippen LogP contribution in [-0.4, -0.2) is 4.98 Å². The zero-order chi connectivity index (χ0) is 11.0. The van der Waals surface area contributed by atoms with E-state index in [1.165, 1.54) is 0 Å². The van der Waals surface area contributed by atoms with Gasteiger partial charge in [0.15, 0.2) is 5.43 Å². The van der Waals surface area contributed by atoms with Gasteiger partial charge in [0.1, 0.15) is 0 Å². The van der Waals surface area contributed by atoms with Gasteiger partial charge in [-0.25, -0.2) is 0 Å². The summed E-state index contributed by atoms with van der Waals surface area (Å²) in [6.45, 7) is 4.07. The quantitative estimate of drug-likeness (QED) is 0.788. The lowest BCUT2D eigenvalue weighted by atomic mass is 10.1. The number of nitrogens with one attached hydrogen (secondary N) is 1. The maximum absolute atomic E-state index is 11.8. The topological polar surface area (TPSA) is 32.9 Å². The summed E-state index contributed by atoms with van der Waals surface area (Å²) < 4.78 is 0. The highest BCUT2D eigenvalue weighted by molar-refractivity contribution is 6.35. The van der Waals surface area contributed by atoms with Crippen molar-refractivity contribution in [3.63, 3.8) is 0 Å². The second-order valence-corrected chi connectivity index (χ2v) is 4.31. The molecular weight excluding hydrogens is 210 g/mol. The molecular formula is C12H12ClNO. The Balaban J connectivity index is 2.86. The molecule has 1 N–H and O–H groups in total. The normalized spacial score (nSPS) is 11.2. The molecule has 2 nitrogen and oxygen atoms in total. The third kappa shape index (κ3) is 1.77. The van der Waals surface area contributed by atoms with Crippen LogP contribution >= 0.6 is 11.6 Å². The number of rotatable bonds is 1. The van der Waals surface area contributed by atoms with E-state index in [0.717, 1.165) is 11.2 Å². The highest BCUT2D eigenvalue weighted by Gasteiger charge is 2.06. The van der Waals surface area contributed by atoms with E-state index >= 15 is 0 Å². The van der Waals surface area contributed by atoms with Gasteiger partial charge in [-0.05, 0) is 18.1 Å². The van der Waals surface area contributed by atoms with Crippen molar-refractivity contribution in [2.24, 2.45) is 0 Å². The average molecular weight is 222 g/mol. The second kappa shape index (κ2) is 3.70. The van der Waals surface area contributed by atoms with Gasteiger partial charge in [0.2, 0.25) is 0 Å². The molecule has 1 heterocycles. The number of halogens is 1. The monoisotopic (exact) mass is 221 g/mol. The molecule has 0 unspecified atom stereocenters. The molecule has 0 amide bonds. The number of para-hydroxylation sites is 1. The van der Waals surface area contributed by atoms with Crippen LogP contribution in [0.25, 0.3) is 10.9 Å². The van der Waals surface area contributed by atoms with Crippen LogP contribution in [0, 0.1) is 0 Å². The third-order valence-corrected chi connectivity index (χ3v) is 2.77. The van der Waals surface area contributed by atoms with Crippen LogP contribution < -0.4 is 5.43 Å². The molecule has 2 rings (SSSR count). The Kier molecular flexibility index (Phi) is 2.53. The van der Waals surface area contributed by atoms with E-state index in [2.05, 4.69) is 4.98 Å². The molecule has 0 radical (unpaired) electrons. The van der Waals surface area contributed by atoms with E-state index in [1.807, 2.05) is 13.8 Å². The van der Waals surface area contributed by atoms with Gasteiger partial charge in [-0.2, -0.15) is 0 Å². The summed E-state index contributed by atoms with van der Waals surface area (Å²) in [5.74, 6) is 0.290. The smallest absolute Gasteiger partial charge is 0.189 e. The van der Waals surface area contributed by atoms with E-state index < -0.39 is 0 Å². The summed E-state index contributed by atoms with van der Waals surface area (Å²) in [5.41, 5.74) is 1.67. The van der Waals surface area contributed by atoms with E-state index in [1.54, 1.807) is 24.3 Å². The number of hydrogen-bond donors (Lipinski definition) is 1. The SMILES string of the molecule is CC(C)c1cc(=O)c2cccc(Cl)c2[nH]1. The number of hydrogen-bond acceptors (Lipinski definition) is 1. The molecule has 0 aliphatic rings. The molecule has 0 bridgehead atoms. The fourth-order valence-corrected chi connectivity index (χ4v) is 1.79. The fourth-order valence-electron chi connectivity index (χ4n) is 1.57. The Bertz CT molecular complexity index is 557. The number of pyridine rings is 1. The molecule has 0 fully saturated rings. The Morgan fingerprint density at radius 1 is 1.33 bits per heavy atom. The first-order valence-electron chi connectivity index (χ1n) is 4.91. The minimum atomic E-state index is 0.0231. The lowest BCUT2D eigenvalue weighted by molar-refractivity contribution is 0.828. The van der Waals surface area contributed by atoms with E-state index in [9.17, 15) is 4.79 Å². The van der Waals surface area contributed by atoms with Crippen molar-refractivity contribution in [3.8, 4) is 0 Å². The van der Waals surface area contributed by atoms with Crippen molar-refractivity contribution < 1.29 is 0 Å². The zero-order valence-corrected chi connectivity index (χ0v) is 9.43. The second-order valence-electron chi connectivity index (χ2n) is 3.91. The van der Waals surface area contributed by atoms with Gasteiger partial charge in [-0.3, -0.25) is 4.79 Å². The Morgan fingerprint density at radius 2 is 2.07 bits per heavy atom. The van der Waals surface area contributed by atoms with Gasteiger partial charge < -0.3 is 4.98 Å². The Hall–Kier alpha value is -1.28. The zero-order valence-electron chi connectivity index (χ0n) is 8.67. The van der Waals surface area contributed by atoms with Gasteiger partial charge in [0.25, 0.3) is 0 Å². The van der Waals surface area contributed by atoms with Crippen molar-refractivity contribution in [2.75, 3.05) is 0 Å². The largest absolute Gasteiger partial charge is 0.357 e. The molecule has 0 spiro atoms. The number of aromatic amines is 1. The maximum Gasteiger partial charge on any atom is 0.189 e. The van der Waals surface area contributed by atoms with E-state index in [-0.39, 0.29) is 5.43 Å². The molecule has 0 saturated carbocycles. The van der Waals surface area contributed by atoms with E-state index in [0.29, 0.717) is 16.3 Å². The minimum absolute atomic E-state index is 0.0231. The summed E-state index contributed by atoms with van der Waals surface area (Å²) in [6.07, 6.45) is 0. The minimum Gasteiger partial charge on any atom is -0.357 e. The van der Waals surface area contributed by atoms with Crippen LogP contribution in [-0.2, 0) is 0 Å². The predicted molar refractivity (Wildman–Crippen MR) is 63.7 cm³/mol. The lowest BCUT2D eigenvalue weighted by Crippen LogP contribution is -2.06. The average Bonchev–Trinajstić information content (AvgIpc) is 2.19. The fraction of sp³-hybridized carbons (Fsp3) is 0.250. The first-order chi connectivity index (χ1) is 7.09. The maximum atomic E-state index is 11.8. The first-order valence-corrected chi connectivity index (χ1v) is 5.29. The molecule has 0 saturated heterocycles. The summed E-state index contributed by atoms with van der Waals surface area (Å²) in [4.78, 5) is 15.0. The molecule has 3 heteroatoms.